The quantitative estimate of drug-likeness (QED) is 0.0376. The third kappa shape index (κ3) is 36.0. The largest absolute Gasteiger partial charge is 0.395 e. The first-order valence-corrected chi connectivity index (χ1v) is 50.6. The van der Waals surface area contributed by atoms with Crippen LogP contribution in [0.5, 0.6) is 0 Å². The van der Waals surface area contributed by atoms with E-state index in [1.54, 1.807) is 87.4 Å². The molecule has 7 unspecified atom stereocenters. The molecule has 0 saturated carbocycles. The Balaban J connectivity index is 0.000000201. The summed E-state index contributed by atoms with van der Waals surface area (Å²) in [7, 11) is 5.37. The van der Waals surface area contributed by atoms with Crippen LogP contribution in [0.4, 0.5) is 13.2 Å². The zero-order chi connectivity index (χ0) is 103. The van der Waals surface area contributed by atoms with Crippen molar-refractivity contribution in [3.05, 3.63) is 249 Å². The first-order valence-electron chi connectivity index (χ1n) is 50.2. The van der Waals surface area contributed by atoms with E-state index in [9.17, 15) is 67.2 Å². The van der Waals surface area contributed by atoms with E-state index in [1.807, 2.05) is 113 Å². The zero-order valence-corrected chi connectivity index (χ0v) is 87.1. The molecule has 6 N–H and O–H groups in total. The molecule has 7 fully saturated rings. The van der Waals surface area contributed by atoms with Gasteiger partial charge in [0.05, 0.1) is 12.5 Å². The van der Waals surface area contributed by atoms with E-state index in [-0.39, 0.29) is 71.5 Å². The topological polar surface area (TPSA) is 284 Å². The lowest BCUT2D eigenvalue weighted by atomic mass is 9.98. The van der Waals surface area contributed by atoms with E-state index in [0.717, 1.165) is 148 Å². The van der Waals surface area contributed by atoms with Gasteiger partial charge in [-0.1, -0.05) is 151 Å². The van der Waals surface area contributed by atoms with Crippen molar-refractivity contribution in [3.63, 3.8) is 0 Å². The van der Waals surface area contributed by atoms with Crippen molar-refractivity contribution in [2.75, 3.05) is 211 Å². The molecule has 141 heavy (non-hydrogen) atoms. The molecule has 776 valence electrons. The predicted octanol–water partition coefficient (Wildman–Crippen LogP) is 11.2. The number of rotatable bonds is 24. The van der Waals surface area contributed by atoms with Gasteiger partial charge in [0.2, 0.25) is 17.7 Å². The van der Waals surface area contributed by atoms with Crippen LogP contribution in [0.1, 0.15) is 178 Å². The highest BCUT2D eigenvalue weighted by molar-refractivity contribution is 6.30. The number of amides is 7. The number of hydrogen-bond donors (Lipinski definition) is 5. The maximum Gasteiger partial charge on any atom is 0.256 e. The maximum atomic E-state index is 13.1. The van der Waals surface area contributed by atoms with Crippen molar-refractivity contribution in [2.24, 2.45) is 5.73 Å². The smallest absolute Gasteiger partial charge is 0.256 e. The van der Waals surface area contributed by atoms with Gasteiger partial charge >= 0.3 is 0 Å². The number of methoxy groups -OCH3 is 1. The first kappa shape index (κ1) is 117. The Morgan fingerprint density at radius 1 is 0.298 bits per heavy atom. The fraction of sp³-hybridized carbons (Fsp3) is 0.550. The van der Waals surface area contributed by atoms with Crippen molar-refractivity contribution >= 4 is 53.0 Å². The standard InChI is InChI=1S/C17H26FN3O.2C16H24N2O2.C15H21ClN2O2.C15H22FN3O.C15H21FN2O2.C15H22N2O2/c1-13(2)20-9-11-21(12-10-20)17(22)16(19(3)4)14-5-7-15(18)8-6-14;1-13(2)17-9-11-18(12-10-17)16(19)15(20-3)14-7-5-4-6-8-14;1-13(2)17-8-10-18(11-9-17)16(20)15(12-19)14-6-4-3-5-7-14;1-11(2)17-7-9-18(10-8-17)15(20)14(19)12-3-5-13(16)6-4-12;1-11(2)18-7-9-19(10-8-18)15(20)14(17)12-3-5-13(16)6-4-12;1-11(2)17-7-9-18(10-8-17)15(20)14(19)12-3-5-13(16)6-4-12;1-12(2)16-8-10-17(11-9-16)15(19)14(18)13-6-4-3-5-7-13/h5-8,13,16H,9-12H2,1-4H3;4-8,13,15H,9-12H2,1-3H3;3-7,13,15,19H,8-12H2,1-2H3;3-6,11,14,19H,7-10H2,1-2H3;3-6,11,14H,7-10,17H2,1-2H3;3-6,11,14,19H,7-10H2,1-2H3;3-7,12,14,18H,8-11H2,1-2H3. The monoisotopic (exact) mass is 1980 g/mol. The van der Waals surface area contributed by atoms with E-state index < -0.39 is 36.4 Å². The summed E-state index contributed by atoms with van der Waals surface area (Å²) in [6.07, 6.45) is -3.83. The highest BCUT2D eigenvalue weighted by Crippen LogP contribution is 2.29. The molecule has 14 rings (SSSR count). The van der Waals surface area contributed by atoms with Gasteiger partial charge in [-0.25, -0.2) is 13.2 Å². The third-order valence-electron chi connectivity index (χ3n) is 27.4. The number of halogens is 4. The molecule has 7 aliphatic heterocycles. The third-order valence-corrected chi connectivity index (χ3v) is 27.6. The molecule has 7 atom stereocenters. The van der Waals surface area contributed by atoms with Gasteiger partial charge in [-0.15, -0.1) is 0 Å². The summed E-state index contributed by atoms with van der Waals surface area (Å²) in [5, 5.41) is 40.5. The lowest BCUT2D eigenvalue weighted by Gasteiger charge is -2.39. The highest BCUT2D eigenvalue weighted by atomic mass is 35.5. The van der Waals surface area contributed by atoms with Crippen LogP contribution in [-0.4, -0.2) is 389 Å². The van der Waals surface area contributed by atoms with Crippen LogP contribution in [0.2, 0.25) is 5.02 Å². The fourth-order valence-electron chi connectivity index (χ4n) is 18.0. The molecule has 7 heterocycles. The van der Waals surface area contributed by atoms with Crippen LogP contribution in [0.25, 0.3) is 0 Å². The van der Waals surface area contributed by atoms with Gasteiger partial charge < -0.3 is 65.2 Å². The summed E-state index contributed by atoms with van der Waals surface area (Å²) in [5.41, 5.74) is 11.0. The Kier molecular flexibility index (Phi) is 48.7. The molecule has 28 nitrogen and oxygen atoms in total. The number of carbonyl (C=O) groups is 7. The van der Waals surface area contributed by atoms with Crippen molar-refractivity contribution in [1.82, 2.24) is 73.5 Å². The fourth-order valence-corrected chi connectivity index (χ4v) is 18.1. The molecule has 7 amide bonds. The second kappa shape index (κ2) is 58.9. The second-order valence-corrected chi connectivity index (χ2v) is 39.5. The van der Waals surface area contributed by atoms with Crippen molar-refractivity contribution in [2.45, 2.75) is 182 Å². The number of ether oxygens (including phenoxy) is 1. The van der Waals surface area contributed by atoms with Crippen LogP contribution >= 0.6 is 11.6 Å². The summed E-state index contributed by atoms with van der Waals surface area (Å²) in [6.45, 7) is 52.5. The van der Waals surface area contributed by atoms with Crippen LogP contribution in [0.15, 0.2) is 188 Å². The van der Waals surface area contributed by atoms with E-state index >= 15 is 0 Å². The molecule has 0 bridgehead atoms. The van der Waals surface area contributed by atoms with E-state index in [2.05, 4.69) is 131 Å². The summed E-state index contributed by atoms with van der Waals surface area (Å²) < 4.78 is 44.3. The number of nitrogens with two attached hydrogens (primary N) is 1. The molecule has 0 spiro atoms. The van der Waals surface area contributed by atoms with Gasteiger partial charge in [-0.2, -0.15) is 0 Å². The van der Waals surface area contributed by atoms with Crippen molar-refractivity contribution in [3.8, 4) is 0 Å². The Hall–Kier alpha value is -9.65. The van der Waals surface area contributed by atoms with E-state index in [4.69, 9.17) is 22.1 Å². The molecular formula is C109H160ClF3N16O12. The number of nitrogens with zero attached hydrogens (tertiary/aromatic N) is 15. The molecular weight excluding hydrogens is 1820 g/mol. The van der Waals surface area contributed by atoms with Gasteiger partial charge in [0, 0.05) is 238 Å². The van der Waals surface area contributed by atoms with Crippen LogP contribution in [0.3, 0.4) is 0 Å². The van der Waals surface area contributed by atoms with Gasteiger partial charge in [0.25, 0.3) is 23.6 Å². The Bertz CT molecular complexity index is 4530. The number of carbonyl (C=O) groups excluding carboxylic acids is 7. The Morgan fingerprint density at radius 2 is 0.518 bits per heavy atom. The van der Waals surface area contributed by atoms with Crippen LogP contribution < -0.4 is 5.73 Å². The van der Waals surface area contributed by atoms with Gasteiger partial charge in [-0.05, 0) is 199 Å². The number of aliphatic hydroxyl groups is 4. The number of hydrogen-bond acceptors (Lipinski definition) is 21. The lowest BCUT2D eigenvalue weighted by molar-refractivity contribution is -0.144. The Morgan fingerprint density at radius 3 is 0.780 bits per heavy atom. The zero-order valence-electron chi connectivity index (χ0n) is 86.3. The molecule has 0 aromatic heterocycles. The lowest BCUT2D eigenvalue weighted by Crippen LogP contribution is -2.52. The van der Waals surface area contributed by atoms with Gasteiger partial charge in [-0.3, -0.25) is 72.8 Å². The minimum atomic E-state index is -1.21. The SMILES string of the molecule is CC(C)N1CCN(C(=O)C(CO)c2ccccc2)CC1.CC(C)N1CCN(C(=O)C(N)c2ccc(F)cc2)CC1.CC(C)N1CCN(C(=O)C(O)c2ccc(Cl)cc2)CC1.CC(C)N1CCN(C(=O)C(O)c2ccc(F)cc2)CC1.CC(C)N1CCN(C(=O)C(O)c2ccccc2)CC1.CC(C)N1CCN(C(=O)C(c2ccc(F)cc2)N(C)C)CC1.COC(C(=O)N1CCN(C(C)C)CC1)c1ccccc1. The summed E-state index contributed by atoms with van der Waals surface area (Å²) in [6, 6.07) is 55.0. The average molecular weight is 1980 g/mol. The van der Waals surface area contributed by atoms with Crippen molar-refractivity contribution in [1.29, 1.82) is 0 Å². The molecule has 7 saturated heterocycles. The van der Waals surface area contributed by atoms with Crippen LogP contribution in [0, 0.1) is 17.5 Å². The van der Waals surface area contributed by atoms with Crippen LogP contribution in [-0.2, 0) is 38.3 Å². The molecule has 7 aromatic carbocycles. The van der Waals surface area contributed by atoms with Crippen molar-refractivity contribution < 1.29 is 71.9 Å². The molecule has 32 heteroatoms. The predicted molar refractivity (Wildman–Crippen MR) is 551 cm³/mol. The average Bonchev–Trinajstić information content (AvgIpc) is 0.819. The summed E-state index contributed by atoms with van der Waals surface area (Å²) in [4.78, 5) is 118. The normalized spacial score (nSPS) is 18.3. The number of aliphatic hydroxyl groups excluding tert-OH is 4. The summed E-state index contributed by atoms with van der Waals surface area (Å²) >= 11 is 5.81. The maximum absolute atomic E-state index is 13.1. The number of benzene rings is 7. The highest BCUT2D eigenvalue weighted by Gasteiger charge is 2.37. The summed E-state index contributed by atoms with van der Waals surface area (Å²) in [5.74, 6) is -1.99. The minimum Gasteiger partial charge on any atom is -0.395 e. The molecule has 0 radical (unpaired) electrons. The first-order chi connectivity index (χ1) is 67.2. The van der Waals surface area contributed by atoms with E-state index in [0.29, 0.717) is 122 Å². The number of likely N-dealkylation sites (N-methyl/N-ethyl adjacent to an activating group) is 1. The van der Waals surface area contributed by atoms with Gasteiger partial charge in [0.1, 0.15) is 29.5 Å². The number of piperazine rings is 7. The molecule has 7 aliphatic rings. The second-order valence-electron chi connectivity index (χ2n) is 39.0. The molecule has 7 aromatic rings. The molecule has 0 aliphatic carbocycles. The van der Waals surface area contributed by atoms with Gasteiger partial charge in [0.15, 0.2) is 24.4 Å². The van der Waals surface area contributed by atoms with E-state index in [1.165, 1.54) is 48.5 Å². The Labute approximate surface area is 841 Å². The minimum absolute atomic E-state index is 0.0436.